The first-order valence-corrected chi connectivity index (χ1v) is 4.55. The van der Waals surface area contributed by atoms with E-state index in [4.69, 9.17) is 10.8 Å². The fourth-order valence-corrected chi connectivity index (χ4v) is 1.38. The van der Waals surface area contributed by atoms with Crippen molar-refractivity contribution in [2.45, 2.75) is 13.0 Å². The Kier molecular flexibility index (Phi) is 3.47. The Hall–Kier alpha value is -1.36. The highest BCUT2D eigenvalue weighted by Crippen LogP contribution is 2.26. The van der Waals surface area contributed by atoms with E-state index in [-0.39, 0.29) is 17.9 Å². The first-order valence-electron chi connectivity index (χ1n) is 4.55. The lowest BCUT2D eigenvalue weighted by Gasteiger charge is -2.22. The molecule has 84 valence electrons. The molecule has 3 nitrogen and oxygen atoms in total. The van der Waals surface area contributed by atoms with Crippen molar-refractivity contribution in [3.63, 3.8) is 0 Å². The minimum Gasteiger partial charge on any atom is -0.395 e. The molecular weight excluding hydrogens is 202 g/mol. The molecule has 0 bridgehead atoms. The van der Waals surface area contributed by atoms with Crippen molar-refractivity contribution in [3.8, 4) is 0 Å². The van der Waals surface area contributed by atoms with Crippen molar-refractivity contribution in [2.75, 3.05) is 24.2 Å². The van der Waals surface area contributed by atoms with Crippen LogP contribution in [0.4, 0.5) is 20.2 Å². The van der Waals surface area contributed by atoms with E-state index in [1.54, 1.807) is 14.0 Å². The number of aliphatic hydroxyl groups is 1. The molecule has 0 amide bonds. The van der Waals surface area contributed by atoms with Crippen molar-refractivity contribution in [3.05, 3.63) is 23.8 Å². The maximum atomic E-state index is 13.1. The first-order chi connectivity index (χ1) is 6.91. The van der Waals surface area contributed by atoms with Gasteiger partial charge in [-0.05, 0) is 13.0 Å². The Labute approximate surface area is 87.1 Å². The van der Waals surface area contributed by atoms with Crippen LogP contribution in [0.3, 0.4) is 0 Å². The second-order valence-corrected chi connectivity index (χ2v) is 3.55. The largest absolute Gasteiger partial charge is 0.395 e. The minimum atomic E-state index is -0.789. The van der Waals surface area contributed by atoms with Crippen molar-refractivity contribution in [2.24, 2.45) is 0 Å². The van der Waals surface area contributed by atoms with Gasteiger partial charge in [-0.25, -0.2) is 8.78 Å². The highest BCUT2D eigenvalue weighted by atomic mass is 19.1. The van der Waals surface area contributed by atoms with Gasteiger partial charge in [0, 0.05) is 19.7 Å². The van der Waals surface area contributed by atoms with E-state index in [1.165, 1.54) is 4.90 Å². The summed E-state index contributed by atoms with van der Waals surface area (Å²) in [4.78, 5) is 1.51. The van der Waals surface area contributed by atoms with Crippen molar-refractivity contribution in [1.82, 2.24) is 0 Å². The van der Waals surface area contributed by atoms with Crippen LogP contribution in [0, 0.1) is 11.6 Å². The van der Waals surface area contributed by atoms with Crippen LogP contribution >= 0.6 is 0 Å². The topological polar surface area (TPSA) is 49.5 Å². The molecule has 1 aromatic carbocycles. The number of hydrogen-bond donors (Lipinski definition) is 2. The number of benzene rings is 1. The van der Waals surface area contributed by atoms with Gasteiger partial charge in [0.2, 0.25) is 0 Å². The molecule has 0 heterocycles. The van der Waals surface area contributed by atoms with Crippen LogP contribution in [0.15, 0.2) is 12.1 Å². The third-order valence-corrected chi connectivity index (χ3v) is 2.02. The molecule has 3 N–H and O–H groups in total. The smallest absolute Gasteiger partial charge is 0.151 e. The second kappa shape index (κ2) is 4.44. The molecule has 0 aliphatic rings. The van der Waals surface area contributed by atoms with Crippen molar-refractivity contribution < 1.29 is 13.9 Å². The summed E-state index contributed by atoms with van der Waals surface area (Å²) in [5.74, 6) is -1.48. The number of halogens is 2. The van der Waals surface area contributed by atoms with Crippen LogP contribution < -0.4 is 10.6 Å². The van der Waals surface area contributed by atoms with Gasteiger partial charge in [-0.3, -0.25) is 0 Å². The number of nitrogen functional groups attached to an aromatic ring is 1. The molecule has 0 saturated heterocycles. The first kappa shape index (κ1) is 11.7. The van der Waals surface area contributed by atoms with Crippen LogP contribution in [0.5, 0.6) is 0 Å². The molecule has 0 spiro atoms. The fraction of sp³-hybridized carbons (Fsp3) is 0.400. The molecule has 1 unspecified atom stereocenters. The number of hydrogen-bond acceptors (Lipinski definition) is 3. The maximum Gasteiger partial charge on any atom is 0.151 e. The highest BCUT2D eigenvalue weighted by molar-refractivity contribution is 5.67. The van der Waals surface area contributed by atoms with E-state index in [0.717, 1.165) is 12.1 Å². The van der Waals surface area contributed by atoms with Gasteiger partial charge < -0.3 is 15.7 Å². The Morgan fingerprint density at radius 2 is 2.07 bits per heavy atom. The summed E-state index contributed by atoms with van der Waals surface area (Å²) in [6, 6.07) is 1.87. The average Bonchev–Trinajstić information content (AvgIpc) is 2.09. The predicted octanol–water partition coefficient (Wildman–Crippen LogP) is 1.36. The summed E-state index contributed by atoms with van der Waals surface area (Å²) in [6.07, 6.45) is -0.597. The van der Waals surface area contributed by atoms with Gasteiger partial charge in [0.1, 0.15) is 5.82 Å². The van der Waals surface area contributed by atoms with Gasteiger partial charge in [-0.2, -0.15) is 0 Å². The molecule has 15 heavy (non-hydrogen) atoms. The predicted molar refractivity (Wildman–Crippen MR) is 55.7 cm³/mol. The SMILES string of the molecule is CC(O)CN(C)c1cc(F)cc(F)c1N. The molecular formula is C10H14F2N2O. The van der Waals surface area contributed by atoms with Gasteiger partial charge in [0.05, 0.1) is 17.5 Å². The third kappa shape index (κ3) is 2.79. The normalized spacial score (nSPS) is 12.6. The van der Waals surface area contributed by atoms with E-state index in [2.05, 4.69) is 0 Å². The van der Waals surface area contributed by atoms with Crippen LogP contribution in [0.1, 0.15) is 6.92 Å². The molecule has 1 aromatic rings. The van der Waals surface area contributed by atoms with E-state index in [0.29, 0.717) is 0 Å². The van der Waals surface area contributed by atoms with Crippen molar-refractivity contribution in [1.29, 1.82) is 0 Å². The zero-order chi connectivity index (χ0) is 11.6. The lowest BCUT2D eigenvalue weighted by atomic mass is 10.2. The monoisotopic (exact) mass is 216 g/mol. The van der Waals surface area contributed by atoms with Gasteiger partial charge in [-0.1, -0.05) is 0 Å². The summed E-state index contributed by atoms with van der Waals surface area (Å²) in [6.45, 7) is 1.84. The van der Waals surface area contributed by atoms with E-state index in [1.807, 2.05) is 0 Å². The zero-order valence-electron chi connectivity index (χ0n) is 8.67. The molecule has 0 saturated carbocycles. The minimum absolute atomic E-state index is 0.112. The summed E-state index contributed by atoms with van der Waals surface area (Å²) in [5.41, 5.74) is 5.60. The lowest BCUT2D eigenvalue weighted by molar-refractivity contribution is 0.201. The Balaban J connectivity index is 3.02. The number of rotatable bonds is 3. The van der Waals surface area contributed by atoms with E-state index in [9.17, 15) is 8.78 Å². The van der Waals surface area contributed by atoms with Gasteiger partial charge >= 0.3 is 0 Å². The molecule has 0 aliphatic carbocycles. The van der Waals surface area contributed by atoms with Crippen molar-refractivity contribution >= 4 is 11.4 Å². The van der Waals surface area contributed by atoms with Gasteiger partial charge in [-0.15, -0.1) is 0 Å². The zero-order valence-corrected chi connectivity index (χ0v) is 8.67. The number of likely N-dealkylation sites (N-methyl/N-ethyl adjacent to an activating group) is 1. The van der Waals surface area contributed by atoms with E-state index < -0.39 is 17.7 Å². The van der Waals surface area contributed by atoms with Crippen LogP contribution in [0.2, 0.25) is 0 Å². The number of nitrogens with two attached hydrogens (primary N) is 1. The molecule has 0 fully saturated rings. The molecule has 0 radical (unpaired) electrons. The third-order valence-electron chi connectivity index (χ3n) is 2.02. The Morgan fingerprint density at radius 3 is 2.60 bits per heavy atom. The second-order valence-electron chi connectivity index (χ2n) is 3.55. The summed E-state index contributed by atoms with van der Waals surface area (Å²) < 4.78 is 26.0. The number of anilines is 2. The molecule has 5 heteroatoms. The molecule has 0 aliphatic heterocycles. The van der Waals surface area contributed by atoms with Gasteiger partial charge in [0.15, 0.2) is 5.82 Å². The Bertz CT molecular complexity index is 356. The summed E-state index contributed by atoms with van der Waals surface area (Å²) in [7, 11) is 1.61. The van der Waals surface area contributed by atoms with Crippen LogP contribution in [-0.2, 0) is 0 Å². The van der Waals surface area contributed by atoms with Gasteiger partial charge in [0.25, 0.3) is 0 Å². The molecule has 1 atom stereocenters. The fourth-order valence-electron chi connectivity index (χ4n) is 1.38. The van der Waals surface area contributed by atoms with Crippen LogP contribution in [-0.4, -0.2) is 24.8 Å². The Morgan fingerprint density at radius 1 is 1.47 bits per heavy atom. The molecule has 0 aromatic heterocycles. The average molecular weight is 216 g/mol. The quantitative estimate of drug-likeness (QED) is 0.750. The summed E-state index contributed by atoms with van der Waals surface area (Å²) in [5, 5.41) is 9.14. The standard InChI is InChI=1S/C10H14F2N2O/c1-6(15)5-14(2)9-4-7(11)3-8(12)10(9)13/h3-4,6,15H,5,13H2,1-2H3. The molecule has 1 rings (SSSR count). The van der Waals surface area contributed by atoms with Crippen LogP contribution in [0.25, 0.3) is 0 Å². The maximum absolute atomic E-state index is 13.1. The summed E-state index contributed by atoms with van der Waals surface area (Å²) >= 11 is 0. The highest BCUT2D eigenvalue weighted by Gasteiger charge is 2.13. The lowest BCUT2D eigenvalue weighted by Crippen LogP contribution is -2.27. The number of aliphatic hydroxyl groups excluding tert-OH is 1. The number of nitrogens with zero attached hydrogens (tertiary/aromatic N) is 1. The van der Waals surface area contributed by atoms with E-state index >= 15 is 0 Å².